The van der Waals surface area contributed by atoms with Gasteiger partial charge in [0.1, 0.15) is 4.99 Å². The summed E-state index contributed by atoms with van der Waals surface area (Å²) in [6.45, 7) is 4.19. The van der Waals surface area contributed by atoms with E-state index < -0.39 is 0 Å². The molecule has 0 fully saturated rings. The molecule has 5 heteroatoms. The smallest absolute Gasteiger partial charge is 0.106 e. The SMILES string of the molecule is CC(C)c1ccn(-c2cc(Cl)ccc2C(N)=S)n1. The molecule has 18 heavy (non-hydrogen) atoms. The van der Waals surface area contributed by atoms with Crippen LogP contribution in [0.25, 0.3) is 5.69 Å². The number of nitrogens with two attached hydrogens (primary N) is 1. The molecule has 0 bridgehead atoms. The molecule has 0 radical (unpaired) electrons. The second kappa shape index (κ2) is 5.08. The summed E-state index contributed by atoms with van der Waals surface area (Å²) in [4.78, 5) is 0.336. The minimum atomic E-state index is 0.336. The molecule has 0 spiro atoms. The molecular weight excluding hydrogens is 266 g/mol. The molecule has 0 aliphatic carbocycles. The summed E-state index contributed by atoms with van der Waals surface area (Å²) in [5.41, 5.74) is 8.31. The molecule has 2 N–H and O–H groups in total. The van der Waals surface area contributed by atoms with Gasteiger partial charge in [-0.05, 0) is 30.2 Å². The van der Waals surface area contributed by atoms with Gasteiger partial charge in [0.15, 0.2) is 0 Å². The van der Waals surface area contributed by atoms with Crippen LogP contribution in [0.1, 0.15) is 31.0 Å². The van der Waals surface area contributed by atoms with Crippen LogP contribution in [0.3, 0.4) is 0 Å². The molecule has 0 atom stereocenters. The molecule has 0 aliphatic heterocycles. The Labute approximate surface area is 117 Å². The lowest BCUT2D eigenvalue weighted by Crippen LogP contribution is -2.13. The first kappa shape index (κ1) is 13.1. The Morgan fingerprint density at radius 1 is 1.39 bits per heavy atom. The van der Waals surface area contributed by atoms with Crippen molar-refractivity contribution in [3.8, 4) is 5.69 Å². The van der Waals surface area contributed by atoms with Gasteiger partial charge in [0.2, 0.25) is 0 Å². The number of benzene rings is 1. The van der Waals surface area contributed by atoms with E-state index in [-0.39, 0.29) is 0 Å². The van der Waals surface area contributed by atoms with E-state index in [4.69, 9.17) is 29.6 Å². The van der Waals surface area contributed by atoms with Crippen molar-refractivity contribution in [3.63, 3.8) is 0 Å². The number of hydrogen-bond donors (Lipinski definition) is 1. The van der Waals surface area contributed by atoms with Gasteiger partial charge in [-0.25, -0.2) is 4.68 Å². The van der Waals surface area contributed by atoms with Crippen LogP contribution < -0.4 is 5.73 Å². The molecular formula is C13H14ClN3S. The zero-order valence-corrected chi connectivity index (χ0v) is 11.8. The Morgan fingerprint density at radius 3 is 2.67 bits per heavy atom. The molecule has 1 aromatic heterocycles. The summed E-state index contributed by atoms with van der Waals surface area (Å²) in [6, 6.07) is 7.38. The third-order valence-corrected chi connectivity index (χ3v) is 3.13. The van der Waals surface area contributed by atoms with Gasteiger partial charge in [0, 0.05) is 16.8 Å². The highest BCUT2D eigenvalue weighted by Crippen LogP contribution is 2.21. The first-order valence-electron chi connectivity index (χ1n) is 5.64. The lowest BCUT2D eigenvalue weighted by Gasteiger charge is -2.09. The van der Waals surface area contributed by atoms with Crippen LogP contribution in [0, 0.1) is 0 Å². The highest BCUT2D eigenvalue weighted by molar-refractivity contribution is 7.80. The van der Waals surface area contributed by atoms with E-state index in [1.54, 1.807) is 10.7 Å². The lowest BCUT2D eigenvalue weighted by molar-refractivity contribution is 0.768. The zero-order chi connectivity index (χ0) is 13.3. The van der Waals surface area contributed by atoms with E-state index in [1.807, 2.05) is 24.4 Å². The van der Waals surface area contributed by atoms with Crippen LogP contribution >= 0.6 is 23.8 Å². The predicted octanol–water partition coefficient (Wildman–Crippen LogP) is 3.28. The van der Waals surface area contributed by atoms with Crippen LogP contribution in [-0.2, 0) is 0 Å². The van der Waals surface area contributed by atoms with E-state index in [0.717, 1.165) is 16.9 Å². The van der Waals surface area contributed by atoms with Crippen molar-refractivity contribution in [3.05, 3.63) is 46.7 Å². The molecule has 94 valence electrons. The highest BCUT2D eigenvalue weighted by Gasteiger charge is 2.10. The molecule has 0 unspecified atom stereocenters. The minimum Gasteiger partial charge on any atom is -0.389 e. The van der Waals surface area contributed by atoms with Crippen molar-refractivity contribution < 1.29 is 0 Å². The Morgan fingerprint density at radius 2 is 2.11 bits per heavy atom. The number of halogens is 1. The summed E-state index contributed by atoms with van der Waals surface area (Å²) in [5.74, 6) is 0.374. The fraction of sp³-hybridized carbons (Fsp3) is 0.231. The van der Waals surface area contributed by atoms with E-state index in [1.165, 1.54) is 0 Å². The second-order valence-corrected chi connectivity index (χ2v) is 5.24. The monoisotopic (exact) mass is 279 g/mol. The number of hydrogen-bond acceptors (Lipinski definition) is 2. The normalized spacial score (nSPS) is 10.9. The molecule has 2 aromatic rings. The zero-order valence-electron chi connectivity index (χ0n) is 10.2. The van der Waals surface area contributed by atoms with Crippen molar-refractivity contribution in [1.82, 2.24) is 9.78 Å². The first-order valence-corrected chi connectivity index (χ1v) is 6.43. The van der Waals surface area contributed by atoms with Gasteiger partial charge >= 0.3 is 0 Å². The maximum Gasteiger partial charge on any atom is 0.106 e. The third kappa shape index (κ3) is 2.54. The average Bonchev–Trinajstić information content (AvgIpc) is 2.77. The maximum atomic E-state index is 6.02. The highest BCUT2D eigenvalue weighted by atomic mass is 35.5. The molecule has 0 aliphatic rings. The summed E-state index contributed by atoms with van der Waals surface area (Å²) in [7, 11) is 0. The largest absolute Gasteiger partial charge is 0.389 e. The van der Waals surface area contributed by atoms with E-state index >= 15 is 0 Å². The Balaban J connectivity index is 2.54. The van der Waals surface area contributed by atoms with Crippen LogP contribution in [-0.4, -0.2) is 14.8 Å². The number of nitrogens with zero attached hydrogens (tertiary/aromatic N) is 2. The average molecular weight is 280 g/mol. The van der Waals surface area contributed by atoms with Gasteiger partial charge in [0.05, 0.1) is 11.4 Å². The Hall–Kier alpha value is -1.39. The number of thiocarbonyl (C=S) groups is 1. The van der Waals surface area contributed by atoms with Gasteiger partial charge in [0.25, 0.3) is 0 Å². The van der Waals surface area contributed by atoms with Crippen molar-refractivity contribution in [2.24, 2.45) is 5.73 Å². The number of aromatic nitrogens is 2. The van der Waals surface area contributed by atoms with Gasteiger partial charge in [-0.3, -0.25) is 0 Å². The fourth-order valence-corrected chi connectivity index (χ4v) is 2.02. The Bertz CT molecular complexity index is 590. The maximum absolute atomic E-state index is 6.02. The fourth-order valence-electron chi connectivity index (χ4n) is 1.68. The van der Waals surface area contributed by atoms with Gasteiger partial charge in [-0.1, -0.05) is 37.7 Å². The molecule has 0 amide bonds. The minimum absolute atomic E-state index is 0.336. The van der Waals surface area contributed by atoms with Crippen LogP contribution in [0.15, 0.2) is 30.5 Å². The molecule has 0 saturated carbocycles. The van der Waals surface area contributed by atoms with E-state index in [2.05, 4.69) is 18.9 Å². The number of rotatable bonds is 3. The van der Waals surface area contributed by atoms with E-state index in [0.29, 0.717) is 15.9 Å². The quantitative estimate of drug-likeness (QED) is 0.877. The third-order valence-electron chi connectivity index (χ3n) is 2.67. The second-order valence-electron chi connectivity index (χ2n) is 4.37. The van der Waals surface area contributed by atoms with Crippen molar-refractivity contribution in [2.75, 3.05) is 0 Å². The molecule has 0 saturated heterocycles. The predicted molar refractivity (Wildman–Crippen MR) is 78.6 cm³/mol. The molecule has 1 heterocycles. The van der Waals surface area contributed by atoms with Gasteiger partial charge in [-0.15, -0.1) is 0 Å². The van der Waals surface area contributed by atoms with Crippen molar-refractivity contribution >= 4 is 28.8 Å². The van der Waals surface area contributed by atoms with Crippen LogP contribution in [0.2, 0.25) is 5.02 Å². The molecule has 3 nitrogen and oxygen atoms in total. The van der Waals surface area contributed by atoms with Crippen LogP contribution in [0.4, 0.5) is 0 Å². The van der Waals surface area contributed by atoms with E-state index in [9.17, 15) is 0 Å². The Kier molecular flexibility index (Phi) is 3.68. The summed E-state index contributed by atoms with van der Waals surface area (Å²) < 4.78 is 1.76. The standard InChI is InChI=1S/C13H14ClN3S/c1-8(2)11-5-6-17(16-11)12-7-9(14)3-4-10(12)13(15)18/h3-8H,1-2H3,(H2,15,18). The summed E-state index contributed by atoms with van der Waals surface area (Å²) in [6.07, 6.45) is 1.89. The van der Waals surface area contributed by atoms with Gasteiger partial charge in [-0.2, -0.15) is 5.10 Å². The molecule has 2 rings (SSSR count). The lowest BCUT2D eigenvalue weighted by atomic mass is 10.1. The summed E-state index contributed by atoms with van der Waals surface area (Å²) >= 11 is 11.1. The summed E-state index contributed by atoms with van der Waals surface area (Å²) in [5, 5.41) is 5.14. The van der Waals surface area contributed by atoms with Crippen molar-refractivity contribution in [2.45, 2.75) is 19.8 Å². The topological polar surface area (TPSA) is 43.8 Å². The first-order chi connectivity index (χ1) is 8.49. The van der Waals surface area contributed by atoms with Gasteiger partial charge < -0.3 is 5.73 Å². The van der Waals surface area contributed by atoms with Crippen molar-refractivity contribution in [1.29, 1.82) is 0 Å². The molecule has 1 aromatic carbocycles. The van der Waals surface area contributed by atoms with Crippen LogP contribution in [0.5, 0.6) is 0 Å².